The third-order valence-corrected chi connectivity index (χ3v) is 4.71. The van der Waals surface area contributed by atoms with Crippen LogP contribution in [0.15, 0.2) is 29.2 Å². The molecule has 0 bridgehead atoms. The maximum Gasteiger partial charge on any atom is 0.341 e. The number of carbonyl (C=O) groups excluding carboxylic acids is 1. The monoisotopic (exact) mass is 340 g/mol. The molecule has 1 heterocycles. The Morgan fingerprint density at radius 1 is 1.22 bits per heavy atom. The first kappa shape index (κ1) is 17.0. The predicted octanol–water partition coefficient (Wildman–Crippen LogP) is 2.75. The van der Waals surface area contributed by atoms with Crippen molar-refractivity contribution in [2.75, 3.05) is 11.3 Å². The minimum absolute atomic E-state index is 0.0287. The van der Waals surface area contributed by atoms with Crippen LogP contribution in [0.5, 0.6) is 0 Å². The first-order valence-electron chi connectivity index (χ1n) is 6.91. The highest BCUT2D eigenvalue weighted by Gasteiger charge is 2.29. The quantitative estimate of drug-likeness (QED) is 0.819. The number of aromatic amines is 1. The summed E-state index contributed by atoms with van der Waals surface area (Å²) < 4.78 is 45.4. The van der Waals surface area contributed by atoms with Gasteiger partial charge in [-0.2, -0.15) is 0 Å². The topological polar surface area (TPSA) is 88.3 Å². The zero-order valence-corrected chi connectivity index (χ0v) is 13.8. The maximum absolute atomic E-state index is 12.9. The van der Waals surface area contributed by atoms with Crippen LogP contribution in [-0.2, 0) is 14.8 Å². The highest BCUT2D eigenvalue weighted by Crippen LogP contribution is 2.26. The fourth-order valence-corrected chi connectivity index (χ4v) is 3.78. The summed E-state index contributed by atoms with van der Waals surface area (Å²) in [6.07, 6.45) is 0. The number of hydrogen-bond acceptors (Lipinski definition) is 4. The molecule has 0 atom stereocenters. The van der Waals surface area contributed by atoms with Gasteiger partial charge in [0.15, 0.2) is 0 Å². The minimum atomic E-state index is -4.03. The molecule has 8 heteroatoms. The summed E-state index contributed by atoms with van der Waals surface area (Å²) >= 11 is 0. The number of hydrogen-bond donors (Lipinski definition) is 2. The van der Waals surface area contributed by atoms with Crippen LogP contribution in [0, 0.1) is 19.7 Å². The number of nitrogens with one attached hydrogen (secondary N) is 2. The molecule has 23 heavy (non-hydrogen) atoms. The van der Waals surface area contributed by atoms with Crippen LogP contribution < -0.4 is 4.72 Å². The molecule has 0 aliphatic rings. The molecule has 0 aliphatic carbocycles. The van der Waals surface area contributed by atoms with E-state index in [9.17, 15) is 17.6 Å². The molecular formula is C15H17FN2O4S. The fraction of sp³-hybridized carbons (Fsp3) is 0.267. The molecule has 6 nitrogen and oxygen atoms in total. The Morgan fingerprint density at radius 2 is 1.83 bits per heavy atom. The minimum Gasteiger partial charge on any atom is -0.462 e. The van der Waals surface area contributed by atoms with Crippen LogP contribution in [0.3, 0.4) is 0 Å². The van der Waals surface area contributed by atoms with Crippen LogP contribution in [0.2, 0.25) is 0 Å². The number of aryl methyl sites for hydroxylation is 2. The lowest BCUT2D eigenvalue weighted by Gasteiger charge is -2.10. The maximum atomic E-state index is 12.9. The van der Waals surface area contributed by atoms with E-state index in [-0.39, 0.29) is 22.8 Å². The average Bonchev–Trinajstić information content (AvgIpc) is 2.77. The molecule has 0 saturated carbocycles. The number of halogens is 1. The zero-order chi connectivity index (χ0) is 17.2. The summed E-state index contributed by atoms with van der Waals surface area (Å²) in [6, 6.07) is 4.87. The summed E-state index contributed by atoms with van der Waals surface area (Å²) in [5.74, 6) is -1.19. The standard InChI is InChI=1S/C15H17FN2O4S/c1-4-22-15(19)13-9(2)17-10(3)14(13)23(20,21)18-12-7-5-11(16)6-8-12/h5-8,17-18H,4H2,1-3H3. The molecule has 1 aromatic carbocycles. The van der Waals surface area contributed by atoms with Crippen LogP contribution in [0.4, 0.5) is 10.1 Å². The van der Waals surface area contributed by atoms with E-state index in [2.05, 4.69) is 9.71 Å². The normalized spacial score (nSPS) is 11.3. The van der Waals surface area contributed by atoms with Crippen molar-refractivity contribution >= 4 is 21.7 Å². The van der Waals surface area contributed by atoms with Crippen molar-refractivity contribution < 1.29 is 22.3 Å². The van der Waals surface area contributed by atoms with E-state index < -0.39 is 21.8 Å². The van der Waals surface area contributed by atoms with Gasteiger partial charge >= 0.3 is 5.97 Å². The van der Waals surface area contributed by atoms with Crippen LogP contribution in [0.1, 0.15) is 28.7 Å². The Labute approximate surface area is 133 Å². The molecule has 124 valence electrons. The van der Waals surface area contributed by atoms with Gasteiger partial charge in [-0.05, 0) is 45.0 Å². The van der Waals surface area contributed by atoms with E-state index in [1.54, 1.807) is 20.8 Å². The third-order valence-electron chi connectivity index (χ3n) is 3.16. The molecule has 0 saturated heterocycles. The Morgan fingerprint density at radius 3 is 2.39 bits per heavy atom. The largest absolute Gasteiger partial charge is 0.462 e. The Bertz CT molecular complexity index is 826. The smallest absolute Gasteiger partial charge is 0.341 e. The van der Waals surface area contributed by atoms with Crippen LogP contribution >= 0.6 is 0 Å². The summed E-state index contributed by atoms with van der Waals surface area (Å²) in [5.41, 5.74) is 0.888. The summed E-state index contributed by atoms with van der Waals surface area (Å²) in [5, 5.41) is 0. The highest BCUT2D eigenvalue weighted by atomic mass is 32.2. The third kappa shape index (κ3) is 3.53. The first-order chi connectivity index (χ1) is 10.8. The fourth-order valence-electron chi connectivity index (χ4n) is 2.27. The van der Waals surface area contributed by atoms with Gasteiger partial charge in [-0.1, -0.05) is 0 Å². The molecule has 2 aromatic rings. The van der Waals surface area contributed by atoms with Crippen LogP contribution in [0.25, 0.3) is 0 Å². The lowest BCUT2D eigenvalue weighted by Crippen LogP contribution is -2.18. The van der Waals surface area contributed by atoms with Crippen molar-refractivity contribution in [3.8, 4) is 0 Å². The predicted molar refractivity (Wildman–Crippen MR) is 83.4 cm³/mol. The molecule has 0 spiro atoms. The zero-order valence-electron chi connectivity index (χ0n) is 12.9. The second-order valence-corrected chi connectivity index (χ2v) is 6.53. The van der Waals surface area contributed by atoms with Crippen molar-refractivity contribution in [1.29, 1.82) is 0 Å². The van der Waals surface area contributed by atoms with E-state index in [1.807, 2.05) is 0 Å². The number of carbonyl (C=O) groups is 1. The van der Waals surface area contributed by atoms with Crippen molar-refractivity contribution in [2.24, 2.45) is 0 Å². The van der Waals surface area contributed by atoms with E-state index in [1.165, 1.54) is 12.1 Å². The molecule has 0 aliphatic heterocycles. The van der Waals surface area contributed by atoms with Crippen molar-refractivity contribution in [1.82, 2.24) is 4.98 Å². The Hall–Kier alpha value is -2.35. The van der Waals surface area contributed by atoms with Gasteiger partial charge in [0.2, 0.25) is 0 Å². The molecule has 0 radical (unpaired) electrons. The highest BCUT2D eigenvalue weighted by molar-refractivity contribution is 7.92. The first-order valence-corrected chi connectivity index (χ1v) is 8.39. The van der Waals surface area contributed by atoms with E-state index in [0.29, 0.717) is 11.4 Å². The lowest BCUT2D eigenvalue weighted by atomic mass is 10.2. The van der Waals surface area contributed by atoms with Gasteiger partial charge in [0.05, 0.1) is 6.61 Å². The molecule has 0 amide bonds. The molecule has 2 rings (SSSR count). The number of esters is 1. The van der Waals surface area contributed by atoms with Gasteiger partial charge in [-0.3, -0.25) is 4.72 Å². The van der Waals surface area contributed by atoms with Gasteiger partial charge in [0.1, 0.15) is 16.3 Å². The van der Waals surface area contributed by atoms with Gasteiger partial charge in [-0.15, -0.1) is 0 Å². The van der Waals surface area contributed by atoms with E-state index in [0.717, 1.165) is 12.1 Å². The number of benzene rings is 1. The van der Waals surface area contributed by atoms with Crippen molar-refractivity contribution in [2.45, 2.75) is 25.7 Å². The number of aromatic nitrogens is 1. The van der Waals surface area contributed by atoms with E-state index >= 15 is 0 Å². The number of anilines is 1. The van der Waals surface area contributed by atoms with Gasteiger partial charge in [-0.25, -0.2) is 17.6 Å². The molecule has 2 N–H and O–H groups in total. The molecule has 0 unspecified atom stereocenters. The molecular weight excluding hydrogens is 323 g/mol. The summed E-state index contributed by atoms with van der Waals surface area (Å²) in [7, 11) is -4.03. The number of rotatable bonds is 5. The van der Waals surface area contributed by atoms with E-state index in [4.69, 9.17) is 4.74 Å². The van der Waals surface area contributed by atoms with Gasteiger partial charge in [0.25, 0.3) is 10.0 Å². The Balaban J connectivity index is 2.47. The molecule has 1 aromatic heterocycles. The number of H-pyrrole nitrogens is 1. The number of ether oxygens (including phenoxy) is 1. The summed E-state index contributed by atoms with van der Waals surface area (Å²) in [6.45, 7) is 4.91. The van der Waals surface area contributed by atoms with Gasteiger partial charge in [0, 0.05) is 17.1 Å². The SMILES string of the molecule is CCOC(=O)c1c(C)[nH]c(C)c1S(=O)(=O)Nc1ccc(F)cc1. The second-order valence-electron chi connectivity index (χ2n) is 4.91. The van der Waals surface area contributed by atoms with Crippen molar-refractivity contribution in [3.63, 3.8) is 0 Å². The second kappa shape index (κ2) is 6.41. The number of sulfonamides is 1. The lowest BCUT2D eigenvalue weighted by molar-refractivity contribution is 0.0521. The van der Waals surface area contributed by atoms with Crippen molar-refractivity contribution in [3.05, 3.63) is 47.0 Å². The molecule has 0 fully saturated rings. The van der Waals surface area contributed by atoms with Gasteiger partial charge < -0.3 is 9.72 Å². The summed E-state index contributed by atoms with van der Waals surface area (Å²) in [4.78, 5) is 14.7. The van der Waals surface area contributed by atoms with Crippen LogP contribution in [-0.4, -0.2) is 26.0 Å². The Kier molecular flexibility index (Phi) is 4.74. The average molecular weight is 340 g/mol.